The van der Waals surface area contributed by atoms with Gasteiger partial charge in [-0.2, -0.15) is 0 Å². The average Bonchev–Trinajstić information content (AvgIpc) is 2.27. The van der Waals surface area contributed by atoms with Crippen LogP contribution in [0.1, 0.15) is 6.92 Å². The van der Waals surface area contributed by atoms with Gasteiger partial charge in [0.2, 0.25) is 5.75 Å². The van der Waals surface area contributed by atoms with Gasteiger partial charge >= 0.3 is 11.7 Å². The quantitative estimate of drug-likeness (QED) is 0.456. The number of hydrogen-bond acceptors (Lipinski definition) is 5. The summed E-state index contributed by atoms with van der Waals surface area (Å²) < 4.78 is 22.3. The number of nitro groups is 1. The minimum Gasteiger partial charge on any atom is -0.472 e. The van der Waals surface area contributed by atoms with Gasteiger partial charge in [-0.05, 0) is 13.0 Å². The Kier molecular flexibility index (Phi) is 3.97. The topological polar surface area (TPSA) is 78.7 Å². The van der Waals surface area contributed by atoms with Gasteiger partial charge in [-0.3, -0.25) is 10.1 Å². The molecule has 0 heterocycles. The van der Waals surface area contributed by atoms with E-state index in [0.717, 1.165) is 25.3 Å². The molecule has 0 radical (unpaired) electrons. The Morgan fingerprint density at radius 3 is 2.71 bits per heavy atom. The van der Waals surface area contributed by atoms with Crippen LogP contribution in [0.15, 0.2) is 18.2 Å². The van der Waals surface area contributed by atoms with Gasteiger partial charge in [-0.15, -0.1) is 0 Å². The number of rotatable bonds is 4. The number of esters is 1. The second kappa shape index (κ2) is 5.24. The summed E-state index contributed by atoms with van der Waals surface area (Å²) in [6.07, 6.45) is -1.06. The molecule has 0 spiro atoms. The van der Waals surface area contributed by atoms with Crippen LogP contribution in [0.2, 0.25) is 0 Å². The van der Waals surface area contributed by atoms with E-state index >= 15 is 0 Å². The summed E-state index contributed by atoms with van der Waals surface area (Å²) in [4.78, 5) is 21.0. The summed E-state index contributed by atoms with van der Waals surface area (Å²) in [5, 5.41) is 10.6. The summed E-state index contributed by atoms with van der Waals surface area (Å²) >= 11 is 0. The Morgan fingerprint density at radius 2 is 2.18 bits per heavy atom. The van der Waals surface area contributed by atoms with Crippen molar-refractivity contribution in [2.24, 2.45) is 0 Å². The lowest BCUT2D eigenvalue weighted by Gasteiger charge is -2.12. The van der Waals surface area contributed by atoms with Crippen LogP contribution in [0.5, 0.6) is 5.75 Å². The van der Waals surface area contributed by atoms with Crippen molar-refractivity contribution in [3.8, 4) is 5.75 Å². The molecule has 0 saturated carbocycles. The summed E-state index contributed by atoms with van der Waals surface area (Å²) in [5.41, 5.74) is -0.415. The van der Waals surface area contributed by atoms with Gasteiger partial charge in [0.1, 0.15) is 5.82 Å². The van der Waals surface area contributed by atoms with Crippen molar-refractivity contribution in [2.75, 3.05) is 7.11 Å². The first-order valence-electron chi connectivity index (χ1n) is 4.64. The molecule has 7 heteroatoms. The van der Waals surface area contributed by atoms with Gasteiger partial charge in [-0.25, -0.2) is 9.18 Å². The number of benzene rings is 1. The number of halogens is 1. The van der Waals surface area contributed by atoms with Crippen LogP contribution in [0.4, 0.5) is 10.1 Å². The van der Waals surface area contributed by atoms with Crippen LogP contribution in [0.25, 0.3) is 0 Å². The fourth-order valence-electron chi connectivity index (χ4n) is 1.14. The van der Waals surface area contributed by atoms with Crippen molar-refractivity contribution in [3.63, 3.8) is 0 Å². The number of carbonyl (C=O) groups is 1. The first-order chi connectivity index (χ1) is 7.95. The zero-order valence-electron chi connectivity index (χ0n) is 9.18. The molecule has 1 rings (SSSR count). The van der Waals surface area contributed by atoms with Crippen molar-refractivity contribution in [1.82, 2.24) is 0 Å². The third-order valence-corrected chi connectivity index (χ3v) is 1.96. The van der Waals surface area contributed by atoms with Gasteiger partial charge in [0.25, 0.3) is 0 Å². The molecule has 0 N–H and O–H groups in total. The lowest BCUT2D eigenvalue weighted by Crippen LogP contribution is -2.25. The monoisotopic (exact) mass is 243 g/mol. The van der Waals surface area contributed by atoms with E-state index in [0.29, 0.717) is 0 Å². The van der Waals surface area contributed by atoms with E-state index in [4.69, 9.17) is 4.74 Å². The molecule has 0 aliphatic heterocycles. The number of hydrogen-bond donors (Lipinski definition) is 0. The Hall–Kier alpha value is -2.18. The van der Waals surface area contributed by atoms with Crippen molar-refractivity contribution >= 4 is 11.7 Å². The SMILES string of the molecule is COC(=O)[C@@H](C)Oc1cc(F)ccc1[N+](=O)[O-]. The van der Waals surface area contributed by atoms with Crippen LogP contribution >= 0.6 is 0 Å². The van der Waals surface area contributed by atoms with E-state index in [9.17, 15) is 19.3 Å². The molecule has 1 aromatic carbocycles. The predicted molar refractivity (Wildman–Crippen MR) is 55.2 cm³/mol. The summed E-state index contributed by atoms with van der Waals surface area (Å²) in [6.45, 7) is 1.35. The molecule has 0 aliphatic rings. The number of nitro benzene ring substituents is 1. The van der Waals surface area contributed by atoms with Gasteiger partial charge in [0.15, 0.2) is 6.10 Å². The number of nitrogens with zero attached hydrogens (tertiary/aromatic N) is 1. The zero-order chi connectivity index (χ0) is 13.0. The maximum Gasteiger partial charge on any atom is 0.346 e. The first kappa shape index (κ1) is 12.9. The highest BCUT2D eigenvalue weighted by atomic mass is 19.1. The molecule has 0 aromatic heterocycles. The molecule has 1 atom stereocenters. The van der Waals surface area contributed by atoms with Crippen molar-refractivity contribution < 1.29 is 23.6 Å². The molecular weight excluding hydrogens is 233 g/mol. The van der Waals surface area contributed by atoms with E-state index in [-0.39, 0.29) is 5.75 Å². The third kappa shape index (κ3) is 3.13. The Bertz CT molecular complexity index is 448. The summed E-state index contributed by atoms with van der Waals surface area (Å²) in [6, 6.07) is 2.75. The molecule has 1 aromatic rings. The fraction of sp³-hybridized carbons (Fsp3) is 0.300. The number of carbonyl (C=O) groups excluding carboxylic acids is 1. The number of ether oxygens (including phenoxy) is 2. The molecule has 0 fully saturated rings. The number of methoxy groups -OCH3 is 1. The molecule has 6 nitrogen and oxygen atoms in total. The third-order valence-electron chi connectivity index (χ3n) is 1.96. The lowest BCUT2D eigenvalue weighted by atomic mass is 10.3. The molecule has 17 heavy (non-hydrogen) atoms. The average molecular weight is 243 g/mol. The fourth-order valence-corrected chi connectivity index (χ4v) is 1.14. The summed E-state index contributed by atoms with van der Waals surface area (Å²) in [5.74, 6) is -1.71. The van der Waals surface area contributed by atoms with Gasteiger partial charge in [0, 0.05) is 12.1 Å². The van der Waals surface area contributed by atoms with E-state index in [1.807, 2.05) is 0 Å². The van der Waals surface area contributed by atoms with Crippen molar-refractivity contribution in [1.29, 1.82) is 0 Å². The van der Waals surface area contributed by atoms with Crippen LogP contribution in [-0.2, 0) is 9.53 Å². The van der Waals surface area contributed by atoms with Gasteiger partial charge in [-0.1, -0.05) is 0 Å². The van der Waals surface area contributed by atoms with Gasteiger partial charge < -0.3 is 9.47 Å². The molecule has 0 aliphatic carbocycles. The summed E-state index contributed by atoms with van der Waals surface area (Å²) in [7, 11) is 1.15. The maximum absolute atomic E-state index is 12.9. The minimum atomic E-state index is -1.06. The van der Waals surface area contributed by atoms with Crippen molar-refractivity contribution in [2.45, 2.75) is 13.0 Å². The Morgan fingerprint density at radius 1 is 1.53 bits per heavy atom. The largest absolute Gasteiger partial charge is 0.472 e. The smallest absolute Gasteiger partial charge is 0.346 e. The van der Waals surface area contributed by atoms with Crippen LogP contribution in [-0.4, -0.2) is 24.1 Å². The highest BCUT2D eigenvalue weighted by molar-refractivity contribution is 5.74. The zero-order valence-corrected chi connectivity index (χ0v) is 9.18. The van der Waals surface area contributed by atoms with E-state index in [2.05, 4.69) is 4.74 Å². The van der Waals surface area contributed by atoms with Crippen LogP contribution in [0.3, 0.4) is 0 Å². The molecular formula is C10H10FNO5. The second-order valence-electron chi connectivity index (χ2n) is 3.15. The molecule has 0 saturated heterocycles. The Labute approximate surface area is 96.1 Å². The van der Waals surface area contributed by atoms with E-state index in [1.165, 1.54) is 6.92 Å². The van der Waals surface area contributed by atoms with E-state index < -0.39 is 28.5 Å². The maximum atomic E-state index is 12.9. The normalized spacial score (nSPS) is 11.7. The Balaban J connectivity index is 3.00. The van der Waals surface area contributed by atoms with Gasteiger partial charge in [0.05, 0.1) is 12.0 Å². The first-order valence-corrected chi connectivity index (χ1v) is 4.64. The van der Waals surface area contributed by atoms with Crippen LogP contribution < -0.4 is 4.74 Å². The second-order valence-corrected chi connectivity index (χ2v) is 3.15. The lowest BCUT2D eigenvalue weighted by molar-refractivity contribution is -0.386. The van der Waals surface area contributed by atoms with E-state index in [1.54, 1.807) is 0 Å². The van der Waals surface area contributed by atoms with Crippen LogP contribution in [0, 0.1) is 15.9 Å². The standard InChI is InChI=1S/C10H10FNO5/c1-6(10(13)16-2)17-9-5-7(11)3-4-8(9)12(14)15/h3-6H,1-2H3/t6-/m1/s1. The molecule has 0 bridgehead atoms. The molecule has 0 unspecified atom stereocenters. The molecule has 0 amide bonds. The molecule has 92 valence electrons. The minimum absolute atomic E-state index is 0.312. The van der Waals surface area contributed by atoms with Crippen molar-refractivity contribution in [3.05, 3.63) is 34.1 Å². The highest BCUT2D eigenvalue weighted by Crippen LogP contribution is 2.28. The predicted octanol–water partition coefficient (Wildman–Crippen LogP) is 1.67. The highest BCUT2D eigenvalue weighted by Gasteiger charge is 2.22.